The van der Waals surface area contributed by atoms with Crippen LogP contribution in [0.5, 0.6) is 0 Å². The predicted molar refractivity (Wildman–Crippen MR) is 87.5 cm³/mol. The fraction of sp³-hybridized carbons (Fsp3) is 0.389. The molecule has 0 bridgehead atoms. The molecule has 1 atom stereocenters. The van der Waals surface area contributed by atoms with Crippen molar-refractivity contribution < 1.29 is 13.6 Å². The summed E-state index contributed by atoms with van der Waals surface area (Å²) < 4.78 is 27.4. The van der Waals surface area contributed by atoms with E-state index in [0.717, 1.165) is 17.4 Å². The van der Waals surface area contributed by atoms with Crippen LogP contribution in [0, 0.1) is 17.0 Å². The van der Waals surface area contributed by atoms with Gasteiger partial charge in [-0.3, -0.25) is 4.79 Å². The Hall–Kier alpha value is -1.75. The van der Waals surface area contributed by atoms with Gasteiger partial charge in [0.15, 0.2) is 0 Å². The van der Waals surface area contributed by atoms with E-state index in [1.165, 1.54) is 23.5 Å². The average Bonchev–Trinajstić information content (AvgIpc) is 2.83. The molecular weight excluding hydrogens is 316 g/mol. The molecule has 1 heterocycles. The normalized spacial score (nSPS) is 21.9. The monoisotopic (exact) mass is 335 g/mol. The van der Waals surface area contributed by atoms with E-state index in [1.54, 1.807) is 0 Å². The summed E-state index contributed by atoms with van der Waals surface area (Å²) in [6.45, 7) is 4.45. The Morgan fingerprint density at radius 1 is 1.30 bits per heavy atom. The summed E-state index contributed by atoms with van der Waals surface area (Å²) in [5.74, 6) is -1.19. The van der Waals surface area contributed by atoms with Crippen molar-refractivity contribution >= 4 is 17.2 Å². The Morgan fingerprint density at radius 3 is 2.61 bits per heavy atom. The maximum atomic E-state index is 14.2. The number of amides is 1. The van der Waals surface area contributed by atoms with Gasteiger partial charge in [0.25, 0.3) is 0 Å². The lowest BCUT2D eigenvalue weighted by molar-refractivity contribution is -0.120. The second kappa shape index (κ2) is 5.71. The highest BCUT2D eigenvalue weighted by molar-refractivity contribution is 7.10. The number of carbonyl (C=O) groups excluding carboxylic acids is 1. The molecule has 1 fully saturated rings. The number of carbonyl (C=O) groups is 1. The van der Waals surface area contributed by atoms with Gasteiger partial charge in [-0.1, -0.05) is 26.0 Å². The molecule has 1 aromatic heterocycles. The molecule has 0 aliphatic heterocycles. The van der Waals surface area contributed by atoms with Gasteiger partial charge in [0.05, 0.1) is 6.42 Å². The summed E-state index contributed by atoms with van der Waals surface area (Å²) in [6.07, 6.45) is 1.10. The number of benzene rings is 1. The molecule has 1 unspecified atom stereocenters. The molecule has 1 saturated carbocycles. The molecule has 2 nitrogen and oxygen atoms in total. The summed E-state index contributed by atoms with van der Waals surface area (Å²) in [5, 5.41) is 4.86. The van der Waals surface area contributed by atoms with E-state index in [0.29, 0.717) is 18.5 Å². The topological polar surface area (TPSA) is 29.1 Å². The Morgan fingerprint density at radius 2 is 2.04 bits per heavy atom. The Kier molecular flexibility index (Phi) is 4.00. The summed E-state index contributed by atoms with van der Waals surface area (Å²) >= 11 is 1.54. The maximum absolute atomic E-state index is 14.2. The fourth-order valence-corrected chi connectivity index (χ4v) is 4.03. The van der Waals surface area contributed by atoms with Gasteiger partial charge in [-0.25, -0.2) is 8.78 Å². The molecule has 122 valence electrons. The van der Waals surface area contributed by atoms with E-state index in [2.05, 4.69) is 5.32 Å². The molecule has 3 rings (SSSR count). The highest BCUT2D eigenvalue weighted by atomic mass is 32.1. The van der Waals surface area contributed by atoms with Crippen molar-refractivity contribution in [1.29, 1.82) is 0 Å². The number of halogens is 2. The molecule has 23 heavy (non-hydrogen) atoms. The number of hydrogen-bond donors (Lipinski definition) is 1. The summed E-state index contributed by atoms with van der Waals surface area (Å²) in [5.41, 5.74) is -0.0991. The highest BCUT2D eigenvalue weighted by Gasteiger charge is 2.62. The van der Waals surface area contributed by atoms with E-state index in [-0.39, 0.29) is 11.3 Å². The molecule has 5 heteroatoms. The second-order valence-corrected chi connectivity index (χ2v) is 7.83. The van der Waals surface area contributed by atoms with Crippen LogP contribution in [0.3, 0.4) is 0 Å². The van der Waals surface area contributed by atoms with E-state index in [9.17, 15) is 13.6 Å². The zero-order chi connectivity index (χ0) is 16.7. The summed E-state index contributed by atoms with van der Waals surface area (Å²) in [4.78, 5) is 13.1. The summed E-state index contributed by atoms with van der Waals surface area (Å²) in [7, 11) is 0. The molecule has 1 N–H and O–H groups in total. The van der Waals surface area contributed by atoms with Gasteiger partial charge in [-0.2, -0.15) is 0 Å². The molecule has 1 aliphatic rings. The quantitative estimate of drug-likeness (QED) is 0.877. The standard InChI is InChI=1S/C18H19F2NOS/c1-17(2)10-18(17,14-6-5-12(19)8-15(14)20)11-21-16(22)9-13-4-3-7-23-13/h3-8H,9-11H2,1-2H3,(H,21,22). The highest BCUT2D eigenvalue weighted by Crippen LogP contribution is 2.64. The van der Waals surface area contributed by atoms with Crippen molar-refractivity contribution in [2.45, 2.75) is 32.1 Å². The van der Waals surface area contributed by atoms with Crippen molar-refractivity contribution in [3.8, 4) is 0 Å². The van der Waals surface area contributed by atoms with Gasteiger partial charge in [-0.05, 0) is 34.9 Å². The van der Waals surface area contributed by atoms with Crippen LogP contribution in [0.2, 0.25) is 0 Å². The van der Waals surface area contributed by atoms with Crippen molar-refractivity contribution in [3.63, 3.8) is 0 Å². The Bertz CT molecular complexity index is 727. The molecule has 0 saturated heterocycles. The molecule has 0 radical (unpaired) electrons. The van der Waals surface area contributed by atoms with Crippen molar-refractivity contribution in [1.82, 2.24) is 5.32 Å². The number of hydrogen-bond acceptors (Lipinski definition) is 2. The average molecular weight is 335 g/mol. The molecule has 0 spiro atoms. The van der Waals surface area contributed by atoms with Crippen molar-refractivity contribution in [3.05, 3.63) is 57.8 Å². The largest absolute Gasteiger partial charge is 0.355 e. The minimum Gasteiger partial charge on any atom is -0.355 e. The third-order valence-electron chi connectivity index (χ3n) is 4.86. The van der Waals surface area contributed by atoms with Crippen molar-refractivity contribution in [2.75, 3.05) is 6.54 Å². The number of thiophene rings is 1. The Balaban J connectivity index is 1.74. The smallest absolute Gasteiger partial charge is 0.225 e. The molecule has 2 aromatic rings. The molecule has 1 aromatic carbocycles. The van der Waals surface area contributed by atoms with Crippen LogP contribution in [0.25, 0.3) is 0 Å². The number of nitrogens with one attached hydrogen (secondary N) is 1. The van der Waals surface area contributed by atoms with Gasteiger partial charge in [0.1, 0.15) is 11.6 Å². The fourth-order valence-electron chi connectivity index (χ4n) is 3.33. The first-order valence-electron chi connectivity index (χ1n) is 7.59. The van der Waals surface area contributed by atoms with E-state index >= 15 is 0 Å². The van der Waals surface area contributed by atoms with Crippen LogP contribution >= 0.6 is 11.3 Å². The van der Waals surface area contributed by atoms with Crippen LogP contribution in [0.1, 0.15) is 30.7 Å². The first-order valence-corrected chi connectivity index (χ1v) is 8.47. The van der Waals surface area contributed by atoms with E-state index in [1.807, 2.05) is 31.4 Å². The van der Waals surface area contributed by atoms with Crippen LogP contribution in [-0.2, 0) is 16.6 Å². The Labute approximate surface area is 138 Å². The van der Waals surface area contributed by atoms with Gasteiger partial charge in [-0.15, -0.1) is 11.3 Å². The lowest BCUT2D eigenvalue weighted by Gasteiger charge is -2.22. The predicted octanol–water partition coefficient (Wildman–Crippen LogP) is 4.05. The second-order valence-electron chi connectivity index (χ2n) is 6.80. The van der Waals surface area contributed by atoms with E-state index < -0.39 is 17.0 Å². The van der Waals surface area contributed by atoms with Crippen LogP contribution in [0.4, 0.5) is 8.78 Å². The first kappa shape index (κ1) is 16.1. The third-order valence-corrected chi connectivity index (χ3v) is 5.74. The van der Waals surface area contributed by atoms with E-state index in [4.69, 9.17) is 0 Å². The van der Waals surface area contributed by atoms with Gasteiger partial charge in [0, 0.05) is 22.9 Å². The summed E-state index contributed by atoms with van der Waals surface area (Å²) in [6, 6.07) is 7.53. The SMILES string of the molecule is CC1(C)CC1(CNC(=O)Cc1cccs1)c1ccc(F)cc1F. The third kappa shape index (κ3) is 3.02. The first-order chi connectivity index (χ1) is 10.8. The molecule has 1 aliphatic carbocycles. The van der Waals surface area contributed by atoms with Crippen molar-refractivity contribution in [2.24, 2.45) is 5.41 Å². The molecule has 1 amide bonds. The van der Waals surface area contributed by atoms with Crippen LogP contribution in [0.15, 0.2) is 35.7 Å². The minimum absolute atomic E-state index is 0.0722. The van der Waals surface area contributed by atoms with Crippen LogP contribution < -0.4 is 5.32 Å². The zero-order valence-electron chi connectivity index (χ0n) is 13.2. The minimum atomic E-state index is -0.582. The van der Waals surface area contributed by atoms with Crippen LogP contribution in [-0.4, -0.2) is 12.5 Å². The number of rotatable bonds is 5. The van der Waals surface area contributed by atoms with Gasteiger partial charge >= 0.3 is 0 Å². The lowest BCUT2D eigenvalue weighted by Crippen LogP contribution is -2.36. The van der Waals surface area contributed by atoms with Gasteiger partial charge < -0.3 is 5.32 Å². The molecular formula is C18H19F2NOS. The lowest BCUT2D eigenvalue weighted by atomic mass is 9.87. The zero-order valence-corrected chi connectivity index (χ0v) is 14.0. The maximum Gasteiger partial charge on any atom is 0.225 e. The van der Waals surface area contributed by atoms with Gasteiger partial charge in [0.2, 0.25) is 5.91 Å².